The number of nitrogens with one attached hydrogen (secondary N) is 1. The van der Waals surface area contributed by atoms with Crippen molar-refractivity contribution in [2.75, 3.05) is 6.54 Å². The van der Waals surface area contributed by atoms with Crippen molar-refractivity contribution in [1.29, 1.82) is 0 Å². The van der Waals surface area contributed by atoms with Crippen molar-refractivity contribution < 1.29 is 4.79 Å². The summed E-state index contributed by atoms with van der Waals surface area (Å²) in [6, 6.07) is 0.242. The topological polar surface area (TPSA) is 55.1 Å². The summed E-state index contributed by atoms with van der Waals surface area (Å²) in [6.45, 7) is 0.610. The van der Waals surface area contributed by atoms with Crippen LogP contribution in [0.1, 0.15) is 44.9 Å². The fourth-order valence-corrected chi connectivity index (χ4v) is 4.22. The Kier molecular flexibility index (Phi) is 3.12. The summed E-state index contributed by atoms with van der Waals surface area (Å²) in [5, 5.41) is 3.24. The summed E-state index contributed by atoms with van der Waals surface area (Å²) >= 11 is 0. The quantitative estimate of drug-likeness (QED) is 0.780. The van der Waals surface area contributed by atoms with Gasteiger partial charge in [-0.05, 0) is 43.4 Å². The van der Waals surface area contributed by atoms with Crippen LogP contribution in [0.5, 0.6) is 0 Å². The number of hydrogen-bond donors (Lipinski definition) is 2. The third-order valence-corrected chi connectivity index (χ3v) is 5.26. The molecule has 3 rings (SSSR count). The fraction of sp³-hybridized carbons (Fsp3) is 0.929. The summed E-state index contributed by atoms with van der Waals surface area (Å²) < 4.78 is 0. The lowest BCUT2D eigenvalue weighted by molar-refractivity contribution is -0.124. The summed E-state index contributed by atoms with van der Waals surface area (Å²) in [6.07, 6.45) is 9.01. The number of amides is 1. The Morgan fingerprint density at radius 2 is 1.76 bits per heavy atom. The van der Waals surface area contributed by atoms with Gasteiger partial charge in [-0.1, -0.05) is 19.3 Å². The van der Waals surface area contributed by atoms with Crippen LogP contribution in [0, 0.1) is 23.7 Å². The van der Waals surface area contributed by atoms with Gasteiger partial charge in [0.25, 0.3) is 0 Å². The molecule has 0 bridgehead atoms. The molecule has 3 nitrogen and oxygen atoms in total. The van der Waals surface area contributed by atoms with E-state index in [1.54, 1.807) is 0 Å². The largest absolute Gasteiger partial charge is 0.352 e. The molecule has 1 amide bonds. The first kappa shape index (κ1) is 11.5. The second kappa shape index (κ2) is 4.60. The average molecular weight is 236 g/mol. The van der Waals surface area contributed by atoms with Crippen molar-refractivity contribution in [3.63, 3.8) is 0 Å². The zero-order chi connectivity index (χ0) is 11.8. The van der Waals surface area contributed by atoms with Gasteiger partial charge in [0.1, 0.15) is 0 Å². The van der Waals surface area contributed by atoms with Gasteiger partial charge in [0, 0.05) is 18.5 Å². The molecule has 3 unspecified atom stereocenters. The number of fused-ring (bicyclic) bond motifs is 1. The van der Waals surface area contributed by atoms with Crippen LogP contribution in [-0.4, -0.2) is 18.5 Å². The maximum absolute atomic E-state index is 12.2. The summed E-state index contributed by atoms with van der Waals surface area (Å²) in [5.74, 6) is 2.73. The van der Waals surface area contributed by atoms with Crippen LogP contribution in [0.2, 0.25) is 0 Å². The highest BCUT2D eigenvalue weighted by Gasteiger charge is 2.56. The fourth-order valence-electron chi connectivity index (χ4n) is 4.22. The van der Waals surface area contributed by atoms with Crippen molar-refractivity contribution in [1.82, 2.24) is 5.32 Å². The molecule has 3 aliphatic carbocycles. The second-order valence-electron chi connectivity index (χ2n) is 6.18. The SMILES string of the molecule is NCC(NC(=O)C1C2CCCC21)C1CCCC1. The molecular weight excluding hydrogens is 212 g/mol. The summed E-state index contributed by atoms with van der Waals surface area (Å²) in [7, 11) is 0. The minimum absolute atomic E-state index is 0.242. The van der Waals surface area contributed by atoms with Crippen molar-refractivity contribution >= 4 is 5.91 Å². The highest BCUT2D eigenvalue weighted by Crippen LogP contribution is 2.57. The molecule has 3 atom stereocenters. The molecule has 0 aliphatic heterocycles. The number of hydrogen-bond acceptors (Lipinski definition) is 2. The van der Waals surface area contributed by atoms with Crippen LogP contribution in [0.4, 0.5) is 0 Å². The van der Waals surface area contributed by atoms with E-state index in [2.05, 4.69) is 5.32 Å². The lowest BCUT2D eigenvalue weighted by Gasteiger charge is -2.23. The first-order chi connectivity index (χ1) is 8.31. The standard InChI is InChI=1S/C14H24N2O/c15-8-12(9-4-1-2-5-9)16-14(17)13-10-6-3-7-11(10)13/h9-13H,1-8,15H2,(H,16,17). The van der Waals surface area contributed by atoms with Gasteiger partial charge in [0.15, 0.2) is 0 Å². The first-order valence-corrected chi connectivity index (χ1v) is 7.31. The summed E-state index contributed by atoms with van der Waals surface area (Å²) in [4.78, 5) is 12.2. The van der Waals surface area contributed by atoms with E-state index in [0.29, 0.717) is 24.3 Å². The molecule has 17 heavy (non-hydrogen) atoms. The number of rotatable bonds is 4. The van der Waals surface area contributed by atoms with Crippen LogP contribution in [-0.2, 0) is 4.79 Å². The van der Waals surface area contributed by atoms with Gasteiger partial charge >= 0.3 is 0 Å². The number of nitrogens with two attached hydrogens (primary N) is 1. The molecule has 0 aromatic carbocycles. The Morgan fingerprint density at radius 3 is 2.35 bits per heavy atom. The Morgan fingerprint density at radius 1 is 1.12 bits per heavy atom. The van der Waals surface area contributed by atoms with E-state index in [9.17, 15) is 4.79 Å². The van der Waals surface area contributed by atoms with Crippen molar-refractivity contribution in [3.8, 4) is 0 Å². The molecular formula is C14H24N2O. The molecule has 0 radical (unpaired) electrons. The second-order valence-corrected chi connectivity index (χ2v) is 6.18. The Bertz CT molecular complexity index is 289. The van der Waals surface area contributed by atoms with Crippen molar-refractivity contribution in [2.24, 2.45) is 29.4 Å². The van der Waals surface area contributed by atoms with E-state index >= 15 is 0 Å². The van der Waals surface area contributed by atoms with Gasteiger partial charge in [0.05, 0.1) is 0 Å². The third-order valence-electron chi connectivity index (χ3n) is 5.26. The zero-order valence-corrected chi connectivity index (χ0v) is 10.5. The lowest BCUT2D eigenvalue weighted by Crippen LogP contribution is -2.45. The molecule has 3 N–H and O–H groups in total. The molecule has 0 heterocycles. The minimum atomic E-state index is 0.242. The summed E-state index contributed by atoms with van der Waals surface area (Å²) in [5.41, 5.74) is 5.82. The number of carbonyl (C=O) groups is 1. The van der Waals surface area contributed by atoms with E-state index in [0.717, 1.165) is 11.8 Å². The van der Waals surface area contributed by atoms with E-state index in [4.69, 9.17) is 5.73 Å². The van der Waals surface area contributed by atoms with E-state index in [-0.39, 0.29) is 6.04 Å². The molecule has 3 fully saturated rings. The van der Waals surface area contributed by atoms with Crippen LogP contribution < -0.4 is 11.1 Å². The predicted octanol–water partition coefficient (Wildman–Crippen LogP) is 1.67. The lowest BCUT2D eigenvalue weighted by atomic mass is 9.97. The van der Waals surface area contributed by atoms with E-state index in [1.807, 2.05) is 0 Å². The highest BCUT2D eigenvalue weighted by atomic mass is 16.2. The molecule has 0 saturated heterocycles. The predicted molar refractivity (Wildman–Crippen MR) is 67.3 cm³/mol. The van der Waals surface area contributed by atoms with Gasteiger partial charge in [-0.2, -0.15) is 0 Å². The maximum atomic E-state index is 12.2. The van der Waals surface area contributed by atoms with Gasteiger partial charge in [0.2, 0.25) is 5.91 Å². The Hall–Kier alpha value is -0.570. The van der Waals surface area contributed by atoms with Crippen LogP contribution in [0.25, 0.3) is 0 Å². The molecule has 96 valence electrons. The number of carbonyl (C=O) groups excluding carboxylic acids is 1. The molecule has 0 aromatic heterocycles. The van der Waals surface area contributed by atoms with Crippen molar-refractivity contribution in [2.45, 2.75) is 51.0 Å². The van der Waals surface area contributed by atoms with Crippen LogP contribution in [0.3, 0.4) is 0 Å². The van der Waals surface area contributed by atoms with Gasteiger partial charge < -0.3 is 11.1 Å². The van der Waals surface area contributed by atoms with Crippen molar-refractivity contribution in [3.05, 3.63) is 0 Å². The molecule has 3 aliphatic rings. The van der Waals surface area contributed by atoms with Gasteiger partial charge in [-0.25, -0.2) is 0 Å². The van der Waals surface area contributed by atoms with Crippen LogP contribution in [0.15, 0.2) is 0 Å². The minimum Gasteiger partial charge on any atom is -0.352 e. The normalized spacial score (nSPS) is 37.8. The highest BCUT2D eigenvalue weighted by molar-refractivity contribution is 5.82. The first-order valence-electron chi connectivity index (χ1n) is 7.31. The van der Waals surface area contributed by atoms with E-state index < -0.39 is 0 Å². The molecule has 3 heteroatoms. The zero-order valence-electron chi connectivity index (χ0n) is 10.5. The van der Waals surface area contributed by atoms with Crippen LogP contribution >= 0.6 is 0 Å². The van der Waals surface area contributed by atoms with Gasteiger partial charge in [-0.3, -0.25) is 4.79 Å². The van der Waals surface area contributed by atoms with Gasteiger partial charge in [-0.15, -0.1) is 0 Å². The molecule has 0 spiro atoms. The third kappa shape index (κ3) is 2.10. The van der Waals surface area contributed by atoms with E-state index in [1.165, 1.54) is 44.9 Å². The molecule has 0 aromatic rings. The smallest absolute Gasteiger partial charge is 0.223 e. The monoisotopic (exact) mass is 236 g/mol. The maximum Gasteiger partial charge on any atom is 0.223 e. The molecule has 3 saturated carbocycles. The Labute approximate surface area is 104 Å². The Balaban J connectivity index is 1.52. The average Bonchev–Trinajstić information content (AvgIpc) is 2.82.